The summed E-state index contributed by atoms with van der Waals surface area (Å²) in [6, 6.07) is 0. The molecule has 0 aliphatic heterocycles. The van der Waals surface area contributed by atoms with Gasteiger partial charge in [-0.05, 0) is 32.1 Å². The average Bonchev–Trinajstić information content (AvgIpc) is 2.08. The Morgan fingerprint density at radius 1 is 0.455 bits per heavy atom. The average molecular weight is 148 g/mol. The van der Waals surface area contributed by atoms with Gasteiger partial charge in [-0.3, -0.25) is 0 Å². The molecular formula is C11H16. The van der Waals surface area contributed by atoms with E-state index in [1.54, 1.807) is 0 Å². The van der Waals surface area contributed by atoms with Crippen LogP contribution in [0.5, 0.6) is 0 Å². The lowest BCUT2D eigenvalue weighted by Gasteiger charge is -1.85. The molecule has 1 rings (SSSR count). The van der Waals surface area contributed by atoms with Gasteiger partial charge in [0.2, 0.25) is 0 Å². The third-order valence-electron chi connectivity index (χ3n) is 1.77. The van der Waals surface area contributed by atoms with E-state index in [1.807, 2.05) is 0 Å². The van der Waals surface area contributed by atoms with Crippen molar-refractivity contribution in [2.45, 2.75) is 32.1 Å². The minimum atomic E-state index is 1.11. The van der Waals surface area contributed by atoms with Crippen molar-refractivity contribution in [3.63, 3.8) is 0 Å². The zero-order chi connectivity index (χ0) is 7.78. The zero-order valence-corrected chi connectivity index (χ0v) is 7.00. The van der Waals surface area contributed by atoms with Crippen molar-refractivity contribution in [3.8, 4) is 0 Å². The van der Waals surface area contributed by atoms with E-state index >= 15 is 0 Å². The first-order valence-corrected chi connectivity index (χ1v) is 4.45. The van der Waals surface area contributed by atoms with Crippen LogP contribution in [-0.2, 0) is 0 Å². The standard InChI is InChI=1S/C11H16/c1-2-4-6-8-10-11-9-7-5-3-1/h1-2,5,7-8,10H,3-4,6,9,11H2/b2-1-,7-5+,10-8+. The van der Waals surface area contributed by atoms with E-state index in [0.717, 1.165) is 6.42 Å². The summed E-state index contributed by atoms with van der Waals surface area (Å²) in [5.41, 5.74) is 0. The number of rotatable bonds is 0. The highest BCUT2D eigenvalue weighted by molar-refractivity contribution is 4.96. The highest BCUT2D eigenvalue weighted by Crippen LogP contribution is 2.01. The van der Waals surface area contributed by atoms with Crippen LogP contribution in [0.15, 0.2) is 36.5 Å². The van der Waals surface area contributed by atoms with Crippen LogP contribution in [0.2, 0.25) is 0 Å². The first-order valence-electron chi connectivity index (χ1n) is 4.45. The van der Waals surface area contributed by atoms with Crippen LogP contribution in [0.4, 0.5) is 0 Å². The molecule has 0 saturated carbocycles. The number of allylic oxidation sites excluding steroid dienone is 6. The molecule has 60 valence electrons. The van der Waals surface area contributed by atoms with Crippen LogP contribution in [0, 0.1) is 0 Å². The van der Waals surface area contributed by atoms with Crippen molar-refractivity contribution >= 4 is 0 Å². The Kier molecular flexibility index (Phi) is 4.51. The Morgan fingerprint density at radius 3 is 1.27 bits per heavy atom. The molecule has 0 N–H and O–H groups in total. The van der Waals surface area contributed by atoms with E-state index in [2.05, 4.69) is 36.5 Å². The van der Waals surface area contributed by atoms with E-state index in [0.29, 0.717) is 0 Å². The third-order valence-corrected chi connectivity index (χ3v) is 1.77. The van der Waals surface area contributed by atoms with Crippen molar-refractivity contribution in [1.82, 2.24) is 0 Å². The fourth-order valence-corrected chi connectivity index (χ4v) is 1.13. The van der Waals surface area contributed by atoms with E-state index in [4.69, 9.17) is 0 Å². The van der Waals surface area contributed by atoms with Crippen molar-refractivity contribution in [1.29, 1.82) is 0 Å². The summed E-state index contributed by atoms with van der Waals surface area (Å²) >= 11 is 0. The smallest absolute Gasteiger partial charge is 0.0169 e. The van der Waals surface area contributed by atoms with Crippen LogP contribution >= 0.6 is 0 Å². The van der Waals surface area contributed by atoms with Gasteiger partial charge in [-0.15, -0.1) is 0 Å². The van der Waals surface area contributed by atoms with Crippen molar-refractivity contribution in [2.24, 2.45) is 0 Å². The molecule has 11 heavy (non-hydrogen) atoms. The molecule has 0 saturated heterocycles. The van der Waals surface area contributed by atoms with Gasteiger partial charge in [0.15, 0.2) is 0 Å². The maximum Gasteiger partial charge on any atom is -0.0169 e. The van der Waals surface area contributed by atoms with E-state index in [-0.39, 0.29) is 0 Å². The molecule has 0 bridgehead atoms. The summed E-state index contributed by atoms with van der Waals surface area (Å²) in [5, 5.41) is 0. The van der Waals surface area contributed by atoms with Gasteiger partial charge < -0.3 is 0 Å². The SMILES string of the molecule is C1=C\CC/C=C/CC/C=C/C/1. The van der Waals surface area contributed by atoms with Crippen LogP contribution in [0.1, 0.15) is 32.1 Å². The van der Waals surface area contributed by atoms with Gasteiger partial charge in [0.25, 0.3) is 0 Å². The first kappa shape index (κ1) is 8.32. The Hall–Kier alpha value is -0.780. The van der Waals surface area contributed by atoms with Gasteiger partial charge >= 0.3 is 0 Å². The molecule has 0 nitrogen and oxygen atoms in total. The topological polar surface area (TPSA) is 0 Å². The lowest BCUT2D eigenvalue weighted by atomic mass is 10.2. The maximum absolute atomic E-state index is 2.28. The van der Waals surface area contributed by atoms with Crippen LogP contribution in [-0.4, -0.2) is 0 Å². The van der Waals surface area contributed by atoms with E-state index in [1.165, 1.54) is 25.7 Å². The lowest BCUT2D eigenvalue weighted by Crippen LogP contribution is -1.65. The fraction of sp³-hybridized carbons (Fsp3) is 0.455. The highest BCUT2D eigenvalue weighted by Gasteiger charge is 1.80. The summed E-state index contributed by atoms with van der Waals surface area (Å²) in [4.78, 5) is 0. The second-order valence-electron chi connectivity index (χ2n) is 2.80. The largest absolute Gasteiger partial charge is 0.0882 e. The highest BCUT2D eigenvalue weighted by atomic mass is 13.9. The lowest BCUT2D eigenvalue weighted by molar-refractivity contribution is 1.01. The van der Waals surface area contributed by atoms with Crippen LogP contribution < -0.4 is 0 Å². The minimum absolute atomic E-state index is 1.11. The predicted octanol–water partition coefficient (Wildman–Crippen LogP) is 3.62. The van der Waals surface area contributed by atoms with Gasteiger partial charge in [0, 0.05) is 0 Å². The van der Waals surface area contributed by atoms with Gasteiger partial charge in [-0.25, -0.2) is 0 Å². The summed E-state index contributed by atoms with van der Waals surface area (Å²) in [5.74, 6) is 0. The molecule has 0 fully saturated rings. The third kappa shape index (κ3) is 4.60. The van der Waals surface area contributed by atoms with Gasteiger partial charge in [0.1, 0.15) is 0 Å². The first-order chi connectivity index (χ1) is 5.50. The van der Waals surface area contributed by atoms with Gasteiger partial charge in [-0.1, -0.05) is 36.5 Å². The van der Waals surface area contributed by atoms with Gasteiger partial charge in [-0.2, -0.15) is 0 Å². The van der Waals surface area contributed by atoms with Gasteiger partial charge in [0.05, 0.1) is 0 Å². The number of hydrogen-bond donors (Lipinski definition) is 0. The molecule has 0 aromatic rings. The molecule has 0 radical (unpaired) electrons. The van der Waals surface area contributed by atoms with E-state index < -0.39 is 0 Å². The van der Waals surface area contributed by atoms with Crippen molar-refractivity contribution in [2.75, 3.05) is 0 Å². The summed E-state index contributed by atoms with van der Waals surface area (Å²) in [7, 11) is 0. The molecular weight excluding hydrogens is 132 g/mol. The second kappa shape index (κ2) is 5.96. The molecule has 0 amide bonds. The monoisotopic (exact) mass is 148 g/mol. The quantitative estimate of drug-likeness (QED) is 0.460. The van der Waals surface area contributed by atoms with Crippen molar-refractivity contribution < 1.29 is 0 Å². The Morgan fingerprint density at radius 2 is 0.818 bits per heavy atom. The number of hydrogen-bond acceptors (Lipinski definition) is 0. The zero-order valence-electron chi connectivity index (χ0n) is 7.00. The fourth-order valence-electron chi connectivity index (χ4n) is 1.13. The summed E-state index contributed by atoms with van der Waals surface area (Å²) < 4.78 is 0. The molecule has 0 aromatic heterocycles. The predicted molar refractivity (Wildman–Crippen MR) is 50.5 cm³/mol. The Bertz CT molecular complexity index is 143. The summed E-state index contributed by atoms with van der Waals surface area (Å²) in [6.45, 7) is 0. The molecule has 0 heterocycles. The maximum atomic E-state index is 2.28. The second-order valence-corrected chi connectivity index (χ2v) is 2.80. The van der Waals surface area contributed by atoms with Crippen LogP contribution in [0.25, 0.3) is 0 Å². The minimum Gasteiger partial charge on any atom is -0.0882 e. The molecule has 0 atom stereocenters. The van der Waals surface area contributed by atoms with E-state index in [9.17, 15) is 0 Å². The molecule has 0 aromatic carbocycles. The molecule has 0 unspecified atom stereocenters. The normalized spacial score (nSPS) is 28.4. The van der Waals surface area contributed by atoms with Crippen molar-refractivity contribution in [3.05, 3.63) is 36.5 Å². The Balaban J connectivity index is 2.34. The molecule has 1 aliphatic carbocycles. The molecule has 1 aliphatic rings. The molecule has 0 spiro atoms. The molecule has 0 heteroatoms. The summed E-state index contributed by atoms with van der Waals surface area (Å²) in [6.07, 6.45) is 19.5. The Labute approximate surface area is 69.3 Å². The van der Waals surface area contributed by atoms with Crippen LogP contribution in [0.3, 0.4) is 0 Å².